The summed E-state index contributed by atoms with van der Waals surface area (Å²) >= 11 is 1.41. The van der Waals surface area contributed by atoms with Crippen molar-refractivity contribution in [1.82, 2.24) is 25.2 Å². The van der Waals surface area contributed by atoms with Crippen LogP contribution in [0.2, 0.25) is 0 Å². The second kappa shape index (κ2) is 8.11. The fraction of sp³-hybridized carbons (Fsp3) is 0.643. The van der Waals surface area contributed by atoms with Crippen LogP contribution in [0.5, 0.6) is 0 Å². The van der Waals surface area contributed by atoms with Gasteiger partial charge in [0.25, 0.3) is 0 Å². The summed E-state index contributed by atoms with van der Waals surface area (Å²) in [6.45, 7) is 6.84. The standard InChI is InChI=1S/C14H22N6O2S/c1-5-10-15-12(22-19-10)8-20(4)7-11(21)16-14-18-17-13(23-14)6-9(2)3/h9H,5-8H2,1-4H3,(H,16,18,21). The van der Waals surface area contributed by atoms with Gasteiger partial charge in [0.2, 0.25) is 16.9 Å². The predicted octanol–water partition coefficient (Wildman–Crippen LogP) is 1.75. The lowest BCUT2D eigenvalue weighted by molar-refractivity contribution is -0.117. The molecule has 9 heteroatoms. The molecule has 2 heterocycles. The van der Waals surface area contributed by atoms with Crippen molar-refractivity contribution in [3.63, 3.8) is 0 Å². The molecule has 0 aliphatic heterocycles. The van der Waals surface area contributed by atoms with Gasteiger partial charge in [-0.2, -0.15) is 4.98 Å². The number of hydrogen-bond acceptors (Lipinski definition) is 8. The summed E-state index contributed by atoms with van der Waals surface area (Å²) in [4.78, 5) is 18.0. The number of carbonyl (C=O) groups excluding carboxylic acids is 1. The zero-order chi connectivity index (χ0) is 16.8. The molecule has 0 radical (unpaired) electrons. The lowest BCUT2D eigenvalue weighted by Crippen LogP contribution is -2.29. The maximum atomic E-state index is 12.0. The molecule has 23 heavy (non-hydrogen) atoms. The van der Waals surface area contributed by atoms with Crippen LogP contribution in [-0.4, -0.2) is 44.7 Å². The number of hydrogen-bond donors (Lipinski definition) is 1. The first-order valence-corrected chi connectivity index (χ1v) is 8.40. The molecule has 0 spiro atoms. The Balaban J connectivity index is 1.80. The second-order valence-electron chi connectivity index (χ2n) is 5.78. The third-order valence-corrected chi connectivity index (χ3v) is 3.80. The summed E-state index contributed by atoms with van der Waals surface area (Å²) in [6.07, 6.45) is 1.59. The van der Waals surface area contributed by atoms with Crippen LogP contribution in [0, 0.1) is 5.92 Å². The van der Waals surface area contributed by atoms with Gasteiger partial charge in [-0.05, 0) is 13.0 Å². The van der Waals surface area contributed by atoms with Crippen molar-refractivity contribution in [2.24, 2.45) is 5.92 Å². The van der Waals surface area contributed by atoms with Crippen molar-refractivity contribution in [3.8, 4) is 0 Å². The van der Waals surface area contributed by atoms with E-state index in [9.17, 15) is 4.79 Å². The predicted molar refractivity (Wildman–Crippen MR) is 87.1 cm³/mol. The van der Waals surface area contributed by atoms with Gasteiger partial charge in [-0.15, -0.1) is 10.2 Å². The first-order chi connectivity index (χ1) is 11.0. The van der Waals surface area contributed by atoms with Gasteiger partial charge in [0.1, 0.15) is 5.01 Å². The van der Waals surface area contributed by atoms with Crippen LogP contribution in [-0.2, 0) is 24.2 Å². The van der Waals surface area contributed by atoms with Crippen LogP contribution in [0.25, 0.3) is 0 Å². The normalized spacial score (nSPS) is 11.4. The van der Waals surface area contributed by atoms with Gasteiger partial charge in [0.05, 0.1) is 13.1 Å². The van der Waals surface area contributed by atoms with Gasteiger partial charge in [0, 0.05) is 12.8 Å². The highest BCUT2D eigenvalue weighted by Gasteiger charge is 2.13. The molecular formula is C14H22N6O2S. The zero-order valence-electron chi connectivity index (χ0n) is 13.9. The Morgan fingerprint density at radius 3 is 2.83 bits per heavy atom. The van der Waals surface area contributed by atoms with Gasteiger partial charge >= 0.3 is 0 Å². The number of amides is 1. The average Bonchev–Trinajstić information content (AvgIpc) is 3.07. The zero-order valence-corrected chi connectivity index (χ0v) is 14.7. The van der Waals surface area contributed by atoms with Crippen molar-refractivity contribution in [2.75, 3.05) is 18.9 Å². The van der Waals surface area contributed by atoms with E-state index in [0.29, 0.717) is 29.3 Å². The van der Waals surface area contributed by atoms with E-state index in [4.69, 9.17) is 4.52 Å². The molecule has 0 unspecified atom stereocenters. The summed E-state index contributed by atoms with van der Waals surface area (Å²) in [5.41, 5.74) is 0. The van der Waals surface area contributed by atoms with Crippen LogP contribution in [0.15, 0.2) is 4.52 Å². The van der Waals surface area contributed by atoms with Crippen molar-refractivity contribution in [2.45, 2.75) is 40.2 Å². The third-order valence-electron chi connectivity index (χ3n) is 2.94. The van der Waals surface area contributed by atoms with Crippen molar-refractivity contribution < 1.29 is 9.32 Å². The fourth-order valence-corrected chi connectivity index (χ4v) is 2.89. The number of aromatic nitrogens is 4. The maximum absolute atomic E-state index is 12.0. The highest BCUT2D eigenvalue weighted by Crippen LogP contribution is 2.18. The minimum Gasteiger partial charge on any atom is -0.338 e. The van der Waals surface area contributed by atoms with Gasteiger partial charge < -0.3 is 4.52 Å². The lowest BCUT2D eigenvalue weighted by Gasteiger charge is -2.12. The van der Waals surface area contributed by atoms with E-state index < -0.39 is 0 Å². The van der Waals surface area contributed by atoms with E-state index in [1.807, 2.05) is 14.0 Å². The largest absolute Gasteiger partial charge is 0.338 e. The molecule has 0 atom stereocenters. The second-order valence-corrected chi connectivity index (χ2v) is 6.84. The van der Waals surface area contributed by atoms with Gasteiger partial charge in [-0.1, -0.05) is 37.3 Å². The first kappa shape index (κ1) is 17.5. The molecule has 8 nitrogen and oxygen atoms in total. The molecule has 1 N–H and O–H groups in total. The van der Waals surface area contributed by atoms with Gasteiger partial charge in [-0.25, -0.2) is 0 Å². The number of anilines is 1. The van der Waals surface area contributed by atoms with Crippen molar-refractivity contribution in [3.05, 3.63) is 16.7 Å². The molecule has 0 aromatic carbocycles. The third kappa shape index (κ3) is 5.68. The maximum Gasteiger partial charge on any atom is 0.240 e. The van der Waals surface area contributed by atoms with E-state index in [1.54, 1.807) is 4.90 Å². The fourth-order valence-electron chi connectivity index (χ4n) is 1.92. The molecule has 0 fully saturated rings. The van der Waals surface area contributed by atoms with Crippen LogP contribution in [0.3, 0.4) is 0 Å². The smallest absolute Gasteiger partial charge is 0.240 e. The van der Waals surface area contributed by atoms with Crippen molar-refractivity contribution >= 4 is 22.4 Å². The molecule has 0 aliphatic rings. The Morgan fingerprint density at radius 2 is 2.17 bits per heavy atom. The summed E-state index contributed by atoms with van der Waals surface area (Å²) in [6, 6.07) is 0. The molecule has 1 amide bonds. The highest BCUT2D eigenvalue weighted by atomic mass is 32.1. The van der Waals surface area contributed by atoms with E-state index in [-0.39, 0.29) is 12.5 Å². The van der Waals surface area contributed by atoms with Crippen LogP contribution >= 0.6 is 11.3 Å². The quantitative estimate of drug-likeness (QED) is 0.783. The number of carbonyl (C=O) groups is 1. The minimum atomic E-state index is -0.144. The van der Waals surface area contributed by atoms with E-state index in [2.05, 4.69) is 39.5 Å². The Kier molecular flexibility index (Phi) is 6.17. The number of rotatable bonds is 8. The molecule has 2 aromatic rings. The molecule has 2 rings (SSSR count). The Bertz CT molecular complexity index is 639. The monoisotopic (exact) mass is 338 g/mol. The summed E-state index contributed by atoms with van der Waals surface area (Å²) < 4.78 is 5.11. The number of aryl methyl sites for hydroxylation is 1. The Labute approximate surface area is 139 Å². The Hall–Kier alpha value is -1.87. The van der Waals surface area contributed by atoms with E-state index in [1.165, 1.54) is 11.3 Å². The molecule has 126 valence electrons. The van der Waals surface area contributed by atoms with Crippen molar-refractivity contribution in [1.29, 1.82) is 0 Å². The molecule has 0 saturated carbocycles. The van der Waals surface area contributed by atoms with Gasteiger partial charge in [-0.3, -0.25) is 15.0 Å². The average molecular weight is 338 g/mol. The van der Waals surface area contributed by atoms with E-state index in [0.717, 1.165) is 17.8 Å². The number of likely N-dealkylation sites (N-methyl/N-ethyl adjacent to an activating group) is 1. The molecule has 0 saturated heterocycles. The minimum absolute atomic E-state index is 0.144. The molecule has 0 aliphatic carbocycles. The summed E-state index contributed by atoms with van der Waals surface area (Å²) in [7, 11) is 1.82. The van der Waals surface area contributed by atoms with Gasteiger partial charge in [0.15, 0.2) is 5.82 Å². The number of nitrogens with one attached hydrogen (secondary N) is 1. The molecular weight excluding hydrogens is 316 g/mol. The number of nitrogens with zero attached hydrogens (tertiary/aromatic N) is 5. The summed E-state index contributed by atoms with van der Waals surface area (Å²) in [5, 5.41) is 16.1. The summed E-state index contributed by atoms with van der Waals surface area (Å²) in [5.74, 6) is 1.55. The first-order valence-electron chi connectivity index (χ1n) is 7.58. The molecule has 2 aromatic heterocycles. The van der Waals surface area contributed by atoms with Crippen LogP contribution < -0.4 is 5.32 Å². The lowest BCUT2D eigenvalue weighted by atomic mass is 10.1. The molecule has 0 bridgehead atoms. The topological polar surface area (TPSA) is 97.0 Å². The van der Waals surface area contributed by atoms with E-state index >= 15 is 0 Å². The van der Waals surface area contributed by atoms with Crippen LogP contribution in [0.4, 0.5) is 5.13 Å². The highest BCUT2D eigenvalue weighted by molar-refractivity contribution is 7.15. The van der Waals surface area contributed by atoms with Crippen LogP contribution in [0.1, 0.15) is 37.5 Å². The SMILES string of the molecule is CCc1noc(CN(C)CC(=O)Nc2nnc(CC(C)C)s2)n1. The Morgan fingerprint density at radius 1 is 1.39 bits per heavy atom.